The summed E-state index contributed by atoms with van der Waals surface area (Å²) in [5.41, 5.74) is 5.29. The highest BCUT2D eigenvalue weighted by Crippen LogP contribution is 2.33. The molecule has 0 bridgehead atoms. The van der Waals surface area contributed by atoms with E-state index in [0.29, 0.717) is 18.2 Å². The highest BCUT2D eigenvalue weighted by molar-refractivity contribution is 5.99. The second kappa shape index (κ2) is 5.78. The largest absolute Gasteiger partial charge is 0.480 e. The molecule has 1 saturated carbocycles. The number of carbonyl (C=O) groups excluding carboxylic acids is 1. The molecule has 0 saturated heterocycles. The molecule has 0 aliphatic heterocycles. The number of aliphatic carboxylic acids is 1. The minimum atomic E-state index is -1.04. The zero-order valence-electron chi connectivity index (χ0n) is 11.2. The number of amides is 1. The molecule has 0 spiro atoms. The predicted molar refractivity (Wildman–Crippen MR) is 74.2 cm³/mol. The summed E-state index contributed by atoms with van der Waals surface area (Å²) in [4.78, 5) is 34.2. The van der Waals surface area contributed by atoms with Crippen molar-refractivity contribution in [2.45, 2.75) is 12.8 Å². The first-order valence-corrected chi connectivity index (χ1v) is 6.43. The number of carboxylic acids is 1. The Hall–Kier alpha value is -2.64. The standard InChI is InChI=1S/C13H15N3O5/c14-13(19)10-5-9(16(20)21)3-4-11(10)15(7-12(17)18)6-8-1-2-8/h3-5,8H,1-2,6-7H2,(H2,14,19)(H,17,18). The maximum absolute atomic E-state index is 11.5. The maximum Gasteiger partial charge on any atom is 0.323 e. The lowest BCUT2D eigenvalue weighted by Crippen LogP contribution is -2.33. The molecule has 21 heavy (non-hydrogen) atoms. The Labute approximate surface area is 120 Å². The number of rotatable bonds is 7. The Morgan fingerprint density at radius 3 is 2.57 bits per heavy atom. The molecule has 1 aliphatic carbocycles. The number of nitrogens with zero attached hydrogens (tertiary/aromatic N) is 2. The van der Waals surface area contributed by atoms with E-state index in [9.17, 15) is 19.7 Å². The van der Waals surface area contributed by atoms with Gasteiger partial charge in [-0.1, -0.05) is 0 Å². The van der Waals surface area contributed by atoms with Crippen molar-refractivity contribution in [3.8, 4) is 0 Å². The van der Waals surface area contributed by atoms with Crippen LogP contribution in [0.25, 0.3) is 0 Å². The third-order valence-electron chi connectivity index (χ3n) is 3.30. The summed E-state index contributed by atoms with van der Waals surface area (Å²) in [6.45, 7) is 0.207. The van der Waals surface area contributed by atoms with Gasteiger partial charge in [0.05, 0.1) is 16.2 Å². The van der Waals surface area contributed by atoms with Crippen LogP contribution < -0.4 is 10.6 Å². The fourth-order valence-electron chi connectivity index (χ4n) is 2.13. The number of hydrogen-bond donors (Lipinski definition) is 2. The van der Waals surface area contributed by atoms with Crippen LogP contribution in [0.2, 0.25) is 0 Å². The molecule has 1 amide bonds. The monoisotopic (exact) mass is 293 g/mol. The van der Waals surface area contributed by atoms with Crippen molar-refractivity contribution < 1.29 is 19.6 Å². The summed E-state index contributed by atoms with van der Waals surface area (Å²) >= 11 is 0. The van der Waals surface area contributed by atoms with Crippen LogP contribution in [0.4, 0.5) is 11.4 Å². The van der Waals surface area contributed by atoms with Gasteiger partial charge >= 0.3 is 5.97 Å². The molecule has 112 valence electrons. The van der Waals surface area contributed by atoms with Gasteiger partial charge in [0.2, 0.25) is 0 Å². The fraction of sp³-hybridized carbons (Fsp3) is 0.385. The molecule has 0 heterocycles. The molecule has 0 radical (unpaired) electrons. The van der Waals surface area contributed by atoms with E-state index in [0.717, 1.165) is 18.9 Å². The molecule has 2 rings (SSSR count). The van der Waals surface area contributed by atoms with Crippen molar-refractivity contribution >= 4 is 23.3 Å². The summed E-state index contributed by atoms with van der Waals surface area (Å²) in [5, 5.41) is 19.8. The number of carboxylic acid groups (broad SMARTS) is 1. The van der Waals surface area contributed by atoms with Gasteiger partial charge in [-0.3, -0.25) is 19.7 Å². The quantitative estimate of drug-likeness (QED) is 0.570. The highest BCUT2D eigenvalue weighted by Gasteiger charge is 2.28. The fourth-order valence-corrected chi connectivity index (χ4v) is 2.13. The first kappa shape index (κ1) is 14.8. The van der Waals surface area contributed by atoms with E-state index in [4.69, 9.17) is 10.8 Å². The van der Waals surface area contributed by atoms with E-state index in [-0.39, 0.29) is 17.8 Å². The first-order valence-electron chi connectivity index (χ1n) is 6.43. The van der Waals surface area contributed by atoms with Crippen LogP contribution in [0.1, 0.15) is 23.2 Å². The molecule has 1 aliphatic rings. The van der Waals surface area contributed by atoms with Gasteiger partial charge < -0.3 is 15.7 Å². The van der Waals surface area contributed by atoms with Gasteiger partial charge in [0.1, 0.15) is 6.54 Å². The Kier molecular flexibility index (Phi) is 4.06. The number of primary amides is 1. The Morgan fingerprint density at radius 1 is 1.43 bits per heavy atom. The van der Waals surface area contributed by atoms with Gasteiger partial charge in [-0.05, 0) is 24.8 Å². The Balaban J connectivity index is 2.39. The average Bonchev–Trinajstić information content (AvgIpc) is 3.20. The molecular formula is C13H15N3O5. The van der Waals surface area contributed by atoms with Gasteiger partial charge in [0, 0.05) is 18.7 Å². The number of carbonyl (C=O) groups is 2. The normalized spacial score (nSPS) is 13.7. The summed E-state index contributed by atoms with van der Waals surface area (Å²) < 4.78 is 0. The number of benzene rings is 1. The summed E-state index contributed by atoms with van der Waals surface area (Å²) in [5.74, 6) is -1.47. The maximum atomic E-state index is 11.5. The lowest BCUT2D eigenvalue weighted by Gasteiger charge is -2.24. The van der Waals surface area contributed by atoms with Crippen LogP contribution in [-0.2, 0) is 4.79 Å². The average molecular weight is 293 g/mol. The van der Waals surface area contributed by atoms with Crippen LogP contribution in [0.3, 0.4) is 0 Å². The van der Waals surface area contributed by atoms with Gasteiger partial charge in [-0.2, -0.15) is 0 Å². The summed E-state index contributed by atoms with van der Waals surface area (Å²) in [6.07, 6.45) is 2.02. The van der Waals surface area contributed by atoms with Crippen molar-refractivity contribution in [2.24, 2.45) is 11.7 Å². The van der Waals surface area contributed by atoms with Crippen molar-refractivity contribution in [1.29, 1.82) is 0 Å². The molecule has 1 fully saturated rings. The van der Waals surface area contributed by atoms with Crippen molar-refractivity contribution in [1.82, 2.24) is 0 Å². The Bertz CT molecular complexity index is 597. The number of non-ortho nitro benzene ring substituents is 1. The van der Waals surface area contributed by atoms with Gasteiger partial charge in [-0.25, -0.2) is 0 Å². The van der Waals surface area contributed by atoms with Crippen molar-refractivity contribution in [3.63, 3.8) is 0 Å². The molecule has 0 atom stereocenters. The SMILES string of the molecule is NC(=O)c1cc([N+](=O)[O-])ccc1N(CC(=O)O)CC1CC1. The van der Waals surface area contributed by atoms with E-state index in [1.165, 1.54) is 17.0 Å². The van der Waals surface area contributed by atoms with Crippen LogP contribution in [-0.4, -0.2) is 35.0 Å². The van der Waals surface area contributed by atoms with E-state index in [1.807, 2.05) is 0 Å². The van der Waals surface area contributed by atoms with Gasteiger partial charge in [0.25, 0.3) is 11.6 Å². The number of nitro groups is 1. The minimum absolute atomic E-state index is 0.0360. The highest BCUT2D eigenvalue weighted by atomic mass is 16.6. The van der Waals surface area contributed by atoms with E-state index < -0.39 is 16.8 Å². The molecule has 8 heteroatoms. The number of nitro benzene ring substituents is 1. The van der Waals surface area contributed by atoms with Crippen LogP contribution >= 0.6 is 0 Å². The zero-order chi connectivity index (χ0) is 15.6. The molecule has 8 nitrogen and oxygen atoms in total. The topological polar surface area (TPSA) is 127 Å². The van der Waals surface area contributed by atoms with Crippen LogP contribution in [0, 0.1) is 16.0 Å². The number of hydrogen-bond acceptors (Lipinski definition) is 5. The van der Waals surface area contributed by atoms with Crippen LogP contribution in [0.15, 0.2) is 18.2 Å². The van der Waals surface area contributed by atoms with Gasteiger partial charge in [0.15, 0.2) is 0 Å². The third-order valence-corrected chi connectivity index (χ3v) is 3.30. The summed E-state index contributed by atoms with van der Waals surface area (Å²) in [7, 11) is 0. The predicted octanol–water partition coefficient (Wildman–Crippen LogP) is 0.995. The molecule has 3 N–H and O–H groups in total. The smallest absolute Gasteiger partial charge is 0.323 e. The molecule has 0 aromatic heterocycles. The molecule has 0 unspecified atom stereocenters. The number of nitrogens with two attached hydrogens (primary N) is 1. The van der Waals surface area contributed by atoms with E-state index in [2.05, 4.69) is 0 Å². The second-order valence-electron chi connectivity index (χ2n) is 5.04. The molecule has 1 aromatic carbocycles. The van der Waals surface area contributed by atoms with Crippen molar-refractivity contribution in [2.75, 3.05) is 18.0 Å². The Morgan fingerprint density at radius 2 is 2.10 bits per heavy atom. The third kappa shape index (κ3) is 3.68. The lowest BCUT2D eigenvalue weighted by molar-refractivity contribution is -0.384. The van der Waals surface area contributed by atoms with E-state index >= 15 is 0 Å². The molecular weight excluding hydrogens is 278 g/mol. The minimum Gasteiger partial charge on any atom is -0.480 e. The second-order valence-corrected chi connectivity index (χ2v) is 5.04. The summed E-state index contributed by atoms with van der Waals surface area (Å²) in [6, 6.07) is 3.70. The first-order chi connectivity index (χ1) is 9.88. The number of anilines is 1. The van der Waals surface area contributed by atoms with Gasteiger partial charge in [-0.15, -0.1) is 0 Å². The molecule has 1 aromatic rings. The van der Waals surface area contributed by atoms with E-state index in [1.54, 1.807) is 0 Å². The van der Waals surface area contributed by atoms with Crippen LogP contribution in [0.5, 0.6) is 0 Å². The van der Waals surface area contributed by atoms with Crippen molar-refractivity contribution in [3.05, 3.63) is 33.9 Å². The zero-order valence-corrected chi connectivity index (χ0v) is 11.2. The lowest BCUT2D eigenvalue weighted by atomic mass is 10.1.